The van der Waals surface area contributed by atoms with Gasteiger partial charge < -0.3 is 14.2 Å². The van der Waals surface area contributed by atoms with Crippen molar-refractivity contribution >= 4 is 5.97 Å². The number of ether oxygens (including phenoxy) is 3. The molecule has 1 fully saturated rings. The summed E-state index contributed by atoms with van der Waals surface area (Å²) in [7, 11) is 1.34. The summed E-state index contributed by atoms with van der Waals surface area (Å²) >= 11 is 0. The van der Waals surface area contributed by atoms with Crippen molar-refractivity contribution in [2.45, 2.75) is 19.4 Å². The second-order valence-corrected chi connectivity index (χ2v) is 7.26. The number of rotatable bonds is 8. The van der Waals surface area contributed by atoms with Gasteiger partial charge in [0, 0.05) is 23.4 Å². The fraction of sp³-hybridized carbons (Fsp3) is 0.250. The minimum Gasteiger partial charge on any atom is -0.489 e. The van der Waals surface area contributed by atoms with Crippen LogP contribution in [0.4, 0.5) is 4.39 Å². The lowest BCUT2D eigenvalue weighted by atomic mass is 10.1. The molecule has 30 heavy (non-hydrogen) atoms. The molecule has 0 N–H and O–H groups in total. The van der Waals surface area contributed by atoms with Gasteiger partial charge in [-0.1, -0.05) is 12.1 Å². The Morgan fingerprint density at radius 3 is 2.53 bits per heavy atom. The molecule has 0 bridgehead atoms. The normalized spacial score (nSPS) is 13.0. The summed E-state index contributed by atoms with van der Waals surface area (Å²) in [5.74, 6) is 1.00. The third-order valence-electron chi connectivity index (χ3n) is 4.93. The van der Waals surface area contributed by atoms with Crippen molar-refractivity contribution in [2.75, 3.05) is 13.7 Å². The fourth-order valence-electron chi connectivity index (χ4n) is 2.95. The predicted octanol–water partition coefficient (Wildman–Crippen LogP) is 5.04. The lowest BCUT2D eigenvalue weighted by Gasteiger charge is -2.10. The zero-order valence-corrected chi connectivity index (χ0v) is 16.6. The Hall–Kier alpha value is -3.41. The molecule has 154 valence electrons. The second-order valence-electron chi connectivity index (χ2n) is 7.26. The van der Waals surface area contributed by atoms with Gasteiger partial charge in [0.2, 0.25) is 5.88 Å². The number of hydrogen-bond donors (Lipinski definition) is 0. The summed E-state index contributed by atoms with van der Waals surface area (Å²) < 4.78 is 30.5. The molecule has 0 unspecified atom stereocenters. The van der Waals surface area contributed by atoms with Crippen LogP contribution in [0.15, 0.2) is 60.8 Å². The molecule has 2 aromatic carbocycles. The first-order valence-electron chi connectivity index (χ1n) is 9.81. The van der Waals surface area contributed by atoms with E-state index in [-0.39, 0.29) is 11.8 Å². The average Bonchev–Trinajstić information content (AvgIpc) is 3.62. The van der Waals surface area contributed by atoms with Crippen LogP contribution in [0.2, 0.25) is 0 Å². The summed E-state index contributed by atoms with van der Waals surface area (Å²) in [5.41, 5.74) is 2.42. The number of benzene rings is 2. The highest BCUT2D eigenvalue weighted by Crippen LogP contribution is 2.30. The summed E-state index contributed by atoms with van der Waals surface area (Å²) in [6.07, 6.45) is 4.03. The van der Waals surface area contributed by atoms with E-state index in [9.17, 15) is 9.18 Å². The van der Waals surface area contributed by atoms with E-state index in [0.717, 1.165) is 5.56 Å². The van der Waals surface area contributed by atoms with Crippen LogP contribution in [-0.2, 0) is 11.3 Å². The van der Waals surface area contributed by atoms with Crippen molar-refractivity contribution in [3.8, 4) is 22.8 Å². The Kier molecular flexibility index (Phi) is 5.93. The number of aromatic nitrogens is 1. The van der Waals surface area contributed by atoms with Crippen LogP contribution in [0.1, 0.15) is 28.8 Å². The molecule has 0 atom stereocenters. The van der Waals surface area contributed by atoms with E-state index < -0.39 is 0 Å². The van der Waals surface area contributed by atoms with Crippen LogP contribution in [0.5, 0.6) is 11.6 Å². The van der Waals surface area contributed by atoms with Gasteiger partial charge in [-0.3, -0.25) is 0 Å². The van der Waals surface area contributed by atoms with Crippen LogP contribution in [-0.4, -0.2) is 24.7 Å². The van der Waals surface area contributed by atoms with Crippen LogP contribution in [0.3, 0.4) is 0 Å². The Labute approximate surface area is 174 Å². The fourth-order valence-corrected chi connectivity index (χ4v) is 2.95. The third-order valence-corrected chi connectivity index (χ3v) is 4.93. The maximum atomic E-state index is 14.4. The molecule has 1 aromatic heterocycles. The number of methoxy groups -OCH3 is 1. The molecule has 5 nitrogen and oxygen atoms in total. The summed E-state index contributed by atoms with van der Waals surface area (Å²) in [5, 5.41) is 0. The molecule has 0 amide bonds. The SMILES string of the molecule is COC(=O)c1ccc(COc2ccc(F)c(-c3ccc(OCC4CC4)nc3)c2)cc1. The van der Waals surface area contributed by atoms with Crippen LogP contribution in [0.25, 0.3) is 11.1 Å². The molecule has 0 saturated heterocycles. The first kappa shape index (κ1) is 19.9. The van der Waals surface area contributed by atoms with Gasteiger partial charge in [-0.05, 0) is 60.7 Å². The molecule has 1 aliphatic carbocycles. The Bertz CT molecular complexity index is 1010. The first-order chi connectivity index (χ1) is 14.6. The van der Waals surface area contributed by atoms with Crippen molar-refractivity contribution in [3.63, 3.8) is 0 Å². The molecule has 3 aromatic rings. The van der Waals surface area contributed by atoms with Gasteiger partial charge in [-0.2, -0.15) is 0 Å². The number of carbonyl (C=O) groups is 1. The molecule has 1 aliphatic rings. The minimum atomic E-state index is -0.386. The summed E-state index contributed by atoms with van der Waals surface area (Å²) in [6, 6.07) is 15.1. The summed E-state index contributed by atoms with van der Waals surface area (Å²) in [6.45, 7) is 0.976. The topological polar surface area (TPSA) is 57.7 Å². The Morgan fingerprint density at radius 1 is 1.07 bits per heavy atom. The van der Waals surface area contributed by atoms with E-state index in [4.69, 9.17) is 9.47 Å². The van der Waals surface area contributed by atoms with Gasteiger partial charge in [0.1, 0.15) is 18.2 Å². The zero-order valence-electron chi connectivity index (χ0n) is 16.6. The lowest BCUT2D eigenvalue weighted by Crippen LogP contribution is -2.02. The van der Waals surface area contributed by atoms with Crippen molar-refractivity contribution in [3.05, 3.63) is 77.7 Å². The van der Waals surface area contributed by atoms with E-state index in [0.29, 0.717) is 47.5 Å². The number of esters is 1. The van der Waals surface area contributed by atoms with Gasteiger partial charge >= 0.3 is 5.97 Å². The highest BCUT2D eigenvalue weighted by Gasteiger charge is 2.22. The highest BCUT2D eigenvalue weighted by atomic mass is 19.1. The number of nitrogens with zero attached hydrogens (tertiary/aromatic N) is 1. The largest absolute Gasteiger partial charge is 0.489 e. The second kappa shape index (κ2) is 8.95. The summed E-state index contributed by atoms with van der Waals surface area (Å²) in [4.78, 5) is 15.8. The number of carbonyl (C=O) groups excluding carboxylic acids is 1. The smallest absolute Gasteiger partial charge is 0.337 e. The highest BCUT2D eigenvalue weighted by molar-refractivity contribution is 5.89. The molecule has 1 heterocycles. The van der Waals surface area contributed by atoms with Gasteiger partial charge in [0.25, 0.3) is 0 Å². The average molecular weight is 407 g/mol. The lowest BCUT2D eigenvalue weighted by molar-refractivity contribution is 0.0600. The van der Waals surface area contributed by atoms with Crippen molar-refractivity contribution in [1.82, 2.24) is 4.98 Å². The predicted molar refractivity (Wildman–Crippen MR) is 110 cm³/mol. The molecule has 0 aliphatic heterocycles. The van der Waals surface area contributed by atoms with Crippen LogP contribution >= 0.6 is 0 Å². The maximum absolute atomic E-state index is 14.4. The molecule has 1 saturated carbocycles. The van der Waals surface area contributed by atoms with E-state index in [1.54, 1.807) is 54.7 Å². The van der Waals surface area contributed by atoms with Crippen LogP contribution < -0.4 is 9.47 Å². The molecule has 0 spiro atoms. The zero-order chi connectivity index (χ0) is 20.9. The molecular weight excluding hydrogens is 385 g/mol. The quantitative estimate of drug-likeness (QED) is 0.490. The third kappa shape index (κ3) is 4.95. The van der Waals surface area contributed by atoms with Gasteiger partial charge in [-0.15, -0.1) is 0 Å². The molecule has 0 radical (unpaired) electrons. The Balaban J connectivity index is 1.41. The van der Waals surface area contributed by atoms with Gasteiger partial charge in [-0.25, -0.2) is 14.2 Å². The number of pyridine rings is 1. The van der Waals surface area contributed by atoms with Crippen LogP contribution in [0, 0.1) is 11.7 Å². The van der Waals surface area contributed by atoms with E-state index in [1.807, 2.05) is 0 Å². The van der Waals surface area contributed by atoms with E-state index in [1.165, 1.54) is 26.0 Å². The first-order valence-corrected chi connectivity index (χ1v) is 9.81. The molecular formula is C24H22FNO4. The molecule has 4 rings (SSSR count). The van der Waals surface area contributed by atoms with E-state index in [2.05, 4.69) is 9.72 Å². The monoisotopic (exact) mass is 407 g/mol. The van der Waals surface area contributed by atoms with Gasteiger partial charge in [0.15, 0.2) is 0 Å². The maximum Gasteiger partial charge on any atom is 0.337 e. The standard InChI is InChI=1S/C24H22FNO4/c1-28-24(27)18-6-4-17(5-7-18)14-29-20-9-10-22(25)21(12-20)19-8-11-23(26-13-19)30-15-16-2-3-16/h4-13,16H,2-3,14-15H2,1H3. The van der Waals surface area contributed by atoms with E-state index >= 15 is 0 Å². The van der Waals surface area contributed by atoms with Crippen molar-refractivity contribution < 1.29 is 23.4 Å². The number of halogens is 1. The molecule has 6 heteroatoms. The number of hydrogen-bond acceptors (Lipinski definition) is 5. The van der Waals surface area contributed by atoms with Crippen molar-refractivity contribution in [1.29, 1.82) is 0 Å². The van der Waals surface area contributed by atoms with Crippen molar-refractivity contribution in [2.24, 2.45) is 5.92 Å². The Morgan fingerprint density at radius 2 is 1.87 bits per heavy atom. The van der Waals surface area contributed by atoms with Gasteiger partial charge in [0.05, 0.1) is 19.3 Å². The minimum absolute atomic E-state index is 0.290.